The van der Waals surface area contributed by atoms with Crippen molar-refractivity contribution in [1.82, 2.24) is 19.6 Å². The molecule has 3 heterocycles. The number of hydrogen-bond acceptors (Lipinski definition) is 3. The van der Waals surface area contributed by atoms with Gasteiger partial charge in [-0.3, -0.25) is 9.59 Å². The molecule has 0 bridgehead atoms. The second-order valence-electron chi connectivity index (χ2n) is 8.45. The molecule has 1 saturated heterocycles. The van der Waals surface area contributed by atoms with Crippen LogP contribution in [0.15, 0.2) is 48.7 Å². The maximum atomic E-state index is 13.0. The van der Waals surface area contributed by atoms with Crippen molar-refractivity contribution in [1.29, 1.82) is 0 Å². The molecule has 0 unspecified atom stereocenters. The molecule has 3 aromatic rings. The number of hydrogen-bond donors (Lipinski definition) is 1. The molecule has 0 saturated carbocycles. The lowest BCUT2D eigenvalue weighted by Crippen LogP contribution is -2.44. The summed E-state index contributed by atoms with van der Waals surface area (Å²) in [7, 11) is 1.82. The first-order valence-electron chi connectivity index (χ1n) is 10.6. The van der Waals surface area contributed by atoms with E-state index < -0.39 is 0 Å². The third-order valence-corrected chi connectivity index (χ3v) is 6.40. The summed E-state index contributed by atoms with van der Waals surface area (Å²) in [6.07, 6.45) is 4.88. The summed E-state index contributed by atoms with van der Waals surface area (Å²) in [6.45, 7) is 2.46. The quantitative estimate of drug-likeness (QED) is 0.607. The van der Waals surface area contributed by atoms with Crippen molar-refractivity contribution in [2.75, 3.05) is 7.05 Å². The fourth-order valence-electron chi connectivity index (χ4n) is 4.38. The Balaban J connectivity index is 1.43. The van der Waals surface area contributed by atoms with E-state index in [9.17, 15) is 9.59 Å². The van der Waals surface area contributed by atoms with Gasteiger partial charge in [-0.25, -0.2) is 4.98 Å². The maximum Gasteiger partial charge on any atom is 0.222 e. The minimum absolute atomic E-state index is 0.0520. The molecule has 31 heavy (non-hydrogen) atoms. The van der Waals surface area contributed by atoms with E-state index in [0.29, 0.717) is 37.3 Å². The van der Waals surface area contributed by atoms with Gasteiger partial charge >= 0.3 is 0 Å². The van der Waals surface area contributed by atoms with E-state index in [1.807, 2.05) is 67.0 Å². The van der Waals surface area contributed by atoms with Crippen molar-refractivity contribution in [2.24, 2.45) is 0 Å². The first-order valence-corrected chi connectivity index (χ1v) is 10.9. The van der Waals surface area contributed by atoms with Gasteiger partial charge in [0.05, 0.1) is 17.9 Å². The molecular weight excluding hydrogens is 412 g/mol. The minimum atomic E-state index is -0.388. The molecule has 1 aromatic carbocycles. The Morgan fingerprint density at radius 3 is 2.74 bits per heavy atom. The predicted molar refractivity (Wildman–Crippen MR) is 121 cm³/mol. The molecule has 6 nitrogen and oxygen atoms in total. The molecule has 162 valence electrons. The van der Waals surface area contributed by atoms with Crippen molar-refractivity contribution < 1.29 is 9.59 Å². The Kier molecular flexibility index (Phi) is 6.01. The number of pyridine rings is 1. The Bertz CT molecular complexity index is 1110. The summed E-state index contributed by atoms with van der Waals surface area (Å²) in [6, 6.07) is 13.6. The van der Waals surface area contributed by atoms with Gasteiger partial charge in [-0.05, 0) is 56.0 Å². The second kappa shape index (κ2) is 8.71. The van der Waals surface area contributed by atoms with Gasteiger partial charge < -0.3 is 14.6 Å². The van der Waals surface area contributed by atoms with Crippen LogP contribution in [0.1, 0.15) is 42.6 Å². The molecule has 1 aliphatic rings. The molecule has 1 atom stereocenters. The van der Waals surface area contributed by atoms with Gasteiger partial charge in [0.1, 0.15) is 5.65 Å². The van der Waals surface area contributed by atoms with Crippen LogP contribution in [-0.2, 0) is 22.6 Å². The van der Waals surface area contributed by atoms with Crippen LogP contribution in [0.3, 0.4) is 0 Å². The number of nitrogens with zero attached hydrogens (tertiary/aromatic N) is 3. The molecule has 2 amide bonds. The fraction of sp³-hybridized carbons (Fsp3) is 0.375. The van der Waals surface area contributed by atoms with E-state index in [1.54, 1.807) is 4.90 Å². The van der Waals surface area contributed by atoms with Gasteiger partial charge in [-0.1, -0.05) is 29.8 Å². The Morgan fingerprint density at radius 2 is 2.03 bits per heavy atom. The molecule has 4 rings (SSSR count). The molecule has 7 heteroatoms. The van der Waals surface area contributed by atoms with Crippen molar-refractivity contribution in [3.8, 4) is 0 Å². The third kappa shape index (κ3) is 4.74. The minimum Gasteiger partial charge on any atom is -0.350 e. The van der Waals surface area contributed by atoms with E-state index in [1.165, 1.54) is 0 Å². The Labute approximate surface area is 187 Å². The van der Waals surface area contributed by atoms with E-state index >= 15 is 0 Å². The number of aryl methyl sites for hydroxylation is 1. The van der Waals surface area contributed by atoms with Crippen LogP contribution in [0, 0.1) is 6.92 Å². The molecule has 0 spiro atoms. The molecule has 1 fully saturated rings. The van der Waals surface area contributed by atoms with Gasteiger partial charge in [-0.2, -0.15) is 0 Å². The number of nitrogens with one attached hydrogen (secondary N) is 1. The zero-order chi connectivity index (χ0) is 22.0. The first kappa shape index (κ1) is 21.4. The highest BCUT2D eigenvalue weighted by atomic mass is 35.5. The number of halogens is 1. The summed E-state index contributed by atoms with van der Waals surface area (Å²) < 4.78 is 2.03. The smallest absolute Gasteiger partial charge is 0.222 e. The van der Waals surface area contributed by atoms with Gasteiger partial charge in [0, 0.05) is 36.6 Å². The van der Waals surface area contributed by atoms with Gasteiger partial charge in [0.15, 0.2) is 0 Å². The zero-order valence-electron chi connectivity index (χ0n) is 17.9. The van der Waals surface area contributed by atoms with E-state index in [2.05, 4.69) is 10.3 Å². The highest BCUT2D eigenvalue weighted by Crippen LogP contribution is 2.30. The average Bonchev–Trinajstić information content (AvgIpc) is 3.27. The van der Waals surface area contributed by atoms with Gasteiger partial charge in [0.2, 0.25) is 11.8 Å². The summed E-state index contributed by atoms with van der Waals surface area (Å²) >= 11 is 6.00. The normalized spacial score (nSPS) is 18.4. The lowest BCUT2D eigenvalue weighted by atomic mass is 9.85. The van der Waals surface area contributed by atoms with Gasteiger partial charge in [0.25, 0.3) is 0 Å². The maximum absolute atomic E-state index is 13.0. The first-order chi connectivity index (χ1) is 14.8. The summed E-state index contributed by atoms with van der Waals surface area (Å²) in [5.74, 6) is 0.109. The number of aromatic nitrogens is 2. The number of carbonyl (C=O) groups is 2. The number of rotatable bonds is 7. The van der Waals surface area contributed by atoms with Crippen LogP contribution in [0.5, 0.6) is 0 Å². The summed E-state index contributed by atoms with van der Waals surface area (Å²) in [5.41, 5.74) is 3.53. The molecule has 0 aliphatic carbocycles. The van der Waals surface area contributed by atoms with Crippen molar-refractivity contribution >= 4 is 29.1 Å². The third-order valence-electron chi connectivity index (χ3n) is 6.15. The SMILES string of the molecule is Cc1nc2ccccn2c1CN(C)C(=O)CC[C@]1(Cc2ccc(Cl)cc2)CCC(=O)N1. The highest BCUT2D eigenvalue weighted by Gasteiger charge is 2.38. The van der Waals surface area contributed by atoms with Crippen LogP contribution in [0.25, 0.3) is 5.65 Å². The Morgan fingerprint density at radius 1 is 1.26 bits per heavy atom. The number of carbonyl (C=O) groups excluding carboxylic acids is 2. The van der Waals surface area contributed by atoms with Crippen molar-refractivity contribution in [2.45, 2.75) is 51.1 Å². The topological polar surface area (TPSA) is 66.7 Å². The van der Waals surface area contributed by atoms with Crippen LogP contribution >= 0.6 is 11.6 Å². The highest BCUT2D eigenvalue weighted by molar-refractivity contribution is 6.30. The summed E-state index contributed by atoms with van der Waals surface area (Å²) in [4.78, 5) is 31.3. The number of imidazole rings is 1. The van der Waals surface area contributed by atoms with E-state index in [0.717, 1.165) is 29.0 Å². The number of benzene rings is 1. The van der Waals surface area contributed by atoms with E-state index in [-0.39, 0.29) is 17.4 Å². The number of amides is 2. The van der Waals surface area contributed by atoms with Crippen molar-refractivity contribution in [3.05, 3.63) is 70.6 Å². The molecule has 0 radical (unpaired) electrons. The fourth-order valence-corrected chi connectivity index (χ4v) is 4.51. The molecule has 1 aliphatic heterocycles. The summed E-state index contributed by atoms with van der Waals surface area (Å²) in [5, 5.41) is 3.83. The average molecular weight is 439 g/mol. The lowest BCUT2D eigenvalue weighted by Gasteiger charge is -2.30. The molecule has 2 aromatic heterocycles. The predicted octanol–water partition coefficient (Wildman–Crippen LogP) is 3.93. The zero-order valence-corrected chi connectivity index (χ0v) is 18.7. The molecule has 1 N–H and O–H groups in total. The Hall–Kier alpha value is -2.86. The lowest BCUT2D eigenvalue weighted by molar-refractivity contribution is -0.131. The van der Waals surface area contributed by atoms with Crippen LogP contribution in [0.2, 0.25) is 5.02 Å². The molecular formula is C24H27ClN4O2. The monoisotopic (exact) mass is 438 g/mol. The van der Waals surface area contributed by atoms with Crippen LogP contribution in [0.4, 0.5) is 0 Å². The second-order valence-corrected chi connectivity index (χ2v) is 8.89. The standard InChI is InChI=1S/C24H27ClN4O2/c1-17-20(29-14-4-3-5-21(29)26-17)16-28(2)23(31)11-13-24(12-10-22(30)27-24)15-18-6-8-19(25)9-7-18/h3-9,14H,10-13,15-16H2,1-2H3,(H,27,30)/t24-/m0/s1. The van der Waals surface area contributed by atoms with Crippen LogP contribution < -0.4 is 5.32 Å². The van der Waals surface area contributed by atoms with Gasteiger partial charge in [-0.15, -0.1) is 0 Å². The van der Waals surface area contributed by atoms with Crippen molar-refractivity contribution in [3.63, 3.8) is 0 Å². The van der Waals surface area contributed by atoms with E-state index in [4.69, 9.17) is 11.6 Å². The number of fused-ring (bicyclic) bond motifs is 1. The largest absolute Gasteiger partial charge is 0.350 e. The van der Waals surface area contributed by atoms with Crippen LogP contribution in [-0.4, -0.2) is 38.7 Å².